The van der Waals surface area contributed by atoms with Gasteiger partial charge in [0.2, 0.25) is 0 Å². The highest BCUT2D eigenvalue weighted by atomic mass is 19.3. The van der Waals surface area contributed by atoms with Crippen LogP contribution in [-0.2, 0) is 12.3 Å². The van der Waals surface area contributed by atoms with Gasteiger partial charge in [-0.25, -0.2) is 0 Å². The average molecular weight is 261 g/mol. The number of hydrogen-bond donors (Lipinski definition) is 1. The fourth-order valence-electron chi connectivity index (χ4n) is 1.91. The standard InChI is InChI=1S/C16H17F2N/c17-16(18,15-9-5-2-6-10-15)13-19-12-11-14-7-3-1-4-8-14/h1-10,19H,11-13H2. The highest BCUT2D eigenvalue weighted by molar-refractivity contribution is 5.20. The number of benzene rings is 2. The van der Waals surface area contributed by atoms with Crippen LogP contribution in [0.4, 0.5) is 8.78 Å². The van der Waals surface area contributed by atoms with Gasteiger partial charge < -0.3 is 5.32 Å². The van der Waals surface area contributed by atoms with Gasteiger partial charge in [-0.1, -0.05) is 60.7 Å². The summed E-state index contributed by atoms with van der Waals surface area (Å²) < 4.78 is 27.6. The third-order valence-corrected chi connectivity index (χ3v) is 2.98. The Morgan fingerprint density at radius 3 is 2.05 bits per heavy atom. The Morgan fingerprint density at radius 1 is 0.842 bits per heavy atom. The molecule has 0 unspecified atom stereocenters. The molecule has 0 saturated heterocycles. The normalized spacial score (nSPS) is 11.5. The van der Waals surface area contributed by atoms with E-state index in [1.807, 2.05) is 30.3 Å². The number of rotatable bonds is 6. The van der Waals surface area contributed by atoms with Crippen molar-refractivity contribution in [1.82, 2.24) is 5.32 Å². The lowest BCUT2D eigenvalue weighted by molar-refractivity contribution is -0.00285. The Bertz CT molecular complexity index is 483. The molecule has 1 nitrogen and oxygen atoms in total. The molecule has 1 N–H and O–H groups in total. The lowest BCUT2D eigenvalue weighted by Gasteiger charge is -2.17. The molecule has 0 atom stereocenters. The second-order valence-corrected chi connectivity index (χ2v) is 4.48. The van der Waals surface area contributed by atoms with Gasteiger partial charge in [0.15, 0.2) is 0 Å². The highest BCUT2D eigenvalue weighted by Crippen LogP contribution is 2.26. The molecule has 100 valence electrons. The summed E-state index contributed by atoms with van der Waals surface area (Å²) in [7, 11) is 0. The van der Waals surface area contributed by atoms with Crippen molar-refractivity contribution in [3.8, 4) is 0 Å². The molecule has 0 aliphatic carbocycles. The first-order chi connectivity index (χ1) is 9.18. The van der Waals surface area contributed by atoms with E-state index in [0.717, 1.165) is 12.0 Å². The maximum absolute atomic E-state index is 13.8. The van der Waals surface area contributed by atoms with Gasteiger partial charge in [-0.2, -0.15) is 8.78 Å². The van der Waals surface area contributed by atoms with Crippen LogP contribution in [0.3, 0.4) is 0 Å². The number of halogens is 2. The van der Waals surface area contributed by atoms with E-state index in [9.17, 15) is 8.78 Å². The summed E-state index contributed by atoms with van der Waals surface area (Å²) in [5, 5.41) is 2.82. The first-order valence-electron chi connectivity index (χ1n) is 6.36. The molecular formula is C16H17F2N. The molecule has 0 aliphatic rings. The van der Waals surface area contributed by atoms with Gasteiger partial charge in [-0.3, -0.25) is 0 Å². The number of hydrogen-bond acceptors (Lipinski definition) is 1. The summed E-state index contributed by atoms with van der Waals surface area (Å²) in [4.78, 5) is 0. The summed E-state index contributed by atoms with van der Waals surface area (Å²) in [5.41, 5.74) is 1.21. The lowest BCUT2D eigenvalue weighted by atomic mass is 10.1. The molecule has 19 heavy (non-hydrogen) atoms. The molecule has 0 radical (unpaired) electrons. The summed E-state index contributed by atoms with van der Waals surface area (Å²) in [6.07, 6.45) is 0.756. The van der Waals surface area contributed by atoms with Crippen LogP contribution in [0.25, 0.3) is 0 Å². The molecule has 0 heterocycles. The van der Waals surface area contributed by atoms with Gasteiger partial charge in [0.1, 0.15) is 0 Å². The van der Waals surface area contributed by atoms with Crippen LogP contribution in [0.2, 0.25) is 0 Å². The molecular weight excluding hydrogens is 244 g/mol. The van der Waals surface area contributed by atoms with Crippen molar-refractivity contribution in [2.45, 2.75) is 12.3 Å². The van der Waals surface area contributed by atoms with Gasteiger partial charge in [0, 0.05) is 5.56 Å². The molecule has 0 bridgehead atoms. The van der Waals surface area contributed by atoms with Crippen LogP contribution in [0.5, 0.6) is 0 Å². The Balaban J connectivity index is 1.79. The van der Waals surface area contributed by atoms with E-state index in [2.05, 4.69) is 5.32 Å². The largest absolute Gasteiger partial charge is 0.311 e. The molecule has 0 saturated carbocycles. The average Bonchev–Trinajstić information content (AvgIpc) is 2.46. The van der Waals surface area contributed by atoms with Crippen molar-refractivity contribution in [3.05, 3.63) is 71.8 Å². The van der Waals surface area contributed by atoms with E-state index in [0.29, 0.717) is 6.54 Å². The molecule has 2 aromatic rings. The van der Waals surface area contributed by atoms with Crippen molar-refractivity contribution < 1.29 is 8.78 Å². The van der Waals surface area contributed by atoms with Gasteiger partial charge in [0.05, 0.1) is 6.54 Å². The molecule has 2 aromatic carbocycles. The van der Waals surface area contributed by atoms with Crippen LogP contribution >= 0.6 is 0 Å². The number of alkyl halides is 2. The van der Waals surface area contributed by atoms with Crippen molar-refractivity contribution in [3.63, 3.8) is 0 Å². The van der Waals surface area contributed by atoms with E-state index in [4.69, 9.17) is 0 Å². The van der Waals surface area contributed by atoms with Gasteiger partial charge in [-0.05, 0) is 18.5 Å². The second-order valence-electron chi connectivity index (χ2n) is 4.48. The quantitative estimate of drug-likeness (QED) is 0.783. The molecule has 0 aromatic heterocycles. The third kappa shape index (κ3) is 4.14. The molecule has 0 amide bonds. The highest BCUT2D eigenvalue weighted by Gasteiger charge is 2.30. The summed E-state index contributed by atoms with van der Waals surface area (Å²) >= 11 is 0. The Hall–Kier alpha value is -1.74. The lowest BCUT2D eigenvalue weighted by Crippen LogP contribution is -2.31. The fraction of sp³-hybridized carbons (Fsp3) is 0.250. The van der Waals surface area contributed by atoms with E-state index in [1.165, 1.54) is 12.1 Å². The minimum Gasteiger partial charge on any atom is -0.311 e. The minimum absolute atomic E-state index is 0.0576. The predicted molar refractivity (Wildman–Crippen MR) is 73.4 cm³/mol. The summed E-state index contributed by atoms with van der Waals surface area (Å²) in [5.74, 6) is -2.82. The zero-order valence-electron chi connectivity index (χ0n) is 10.7. The van der Waals surface area contributed by atoms with Gasteiger partial charge >= 0.3 is 0 Å². The smallest absolute Gasteiger partial charge is 0.285 e. The third-order valence-electron chi connectivity index (χ3n) is 2.98. The van der Waals surface area contributed by atoms with Crippen LogP contribution in [0.1, 0.15) is 11.1 Å². The topological polar surface area (TPSA) is 12.0 Å². The molecule has 2 rings (SSSR count). The maximum Gasteiger partial charge on any atom is 0.285 e. The first kappa shape index (κ1) is 13.7. The first-order valence-corrected chi connectivity index (χ1v) is 6.36. The van der Waals surface area contributed by atoms with Gasteiger partial charge in [0.25, 0.3) is 5.92 Å². The van der Waals surface area contributed by atoms with Crippen molar-refractivity contribution in [2.75, 3.05) is 13.1 Å². The predicted octanol–water partition coefficient (Wildman–Crippen LogP) is 3.61. The fourth-order valence-corrected chi connectivity index (χ4v) is 1.91. The molecule has 0 aliphatic heterocycles. The van der Waals surface area contributed by atoms with Crippen LogP contribution < -0.4 is 5.32 Å². The Labute approximate surface area is 112 Å². The Kier molecular flexibility index (Phi) is 4.63. The van der Waals surface area contributed by atoms with Crippen molar-refractivity contribution in [2.24, 2.45) is 0 Å². The zero-order valence-corrected chi connectivity index (χ0v) is 10.7. The van der Waals surface area contributed by atoms with E-state index in [1.54, 1.807) is 18.2 Å². The van der Waals surface area contributed by atoms with Gasteiger partial charge in [-0.15, -0.1) is 0 Å². The second kappa shape index (κ2) is 6.43. The van der Waals surface area contributed by atoms with Crippen LogP contribution in [-0.4, -0.2) is 13.1 Å². The maximum atomic E-state index is 13.8. The van der Waals surface area contributed by atoms with E-state index in [-0.39, 0.29) is 12.1 Å². The van der Waals surface area contributed by atoms with E-state index >= 15 is 0 Å². The minimum atomic E-state index is -2.82. The SMILES string of the molecule is FC(F)(CNCCc1ccccc1)c1ccccc1. The number of nitrogens with one attached hydrogen (secondary N) is 1. The van der Waals surface area contributed by atoms with Crippen molar-refractivity contribution in [1.29, 1.82) is 0 Å². The van der Waals surface area contributed by atoms with Crippen LogP contribution in [0, 0.1) is 0 Å². The summed E-state index contributed by atoms with van der Waals surface area (Å²) in [6.45, 7) is 0.219. The van der Waals surface area contributed by atoms with E-state index < -0.39 is 5.92 Å². The van der Waals surface area contributed by atoms with Crippen molar-refractivity contribution >= 4 is 0 Å². The summed E-state index contributed by atoms with van der Waals surface area (Å²) in [6, 6.07) is 17.8. The molecule has 3 heteroatoms. The zero-order chi connectivity index (χ0) is 13.6. The molecule has 0 fully saturated rings. The molecule has 0 spiro atoms. The Morgan fingerprint density at radius 2 is 1.42 bits per heavy atom. The monoisotopic (exact) mass is 261 g/mol. The van der Waals surface area contributed by atoms with Crippen LogP contribution in [0.15, 0.2) is 60.7 Å².